The summed E-state index contributed by atoms with van der Waals surface area (Å²) in [7, 11) is 4.15. The van der Waals surface area contributed by atoms with Gasteiger partial charge < -0.3 is 10.2 Å². The molecular weight excluding hydrogens is 227 g/mol. The van der Waals surface area contributed by atoms with Crippen LogP contribution in [0.15, 0.2) is 24.3 Å². The Morgan fingerprint density at radius 2 is 1.78 bits per heavy atom. The van der Waals surface area contributed by atoms with Gasteiger partial charge in [0, 0.05) is 25.3 Å². The molecule has 0 atom stereocenters. The maximum atomic E-state index is 12.9. The summed E-state index contributed by atoms with van der Waals surface area (Å²) in [6, 6.07) is 7.48. The van der Waals surface area contributed by atoms with E-state index >= 15 is 0 Å². The van der Waals surface area contributed by atoms with Crippen LogP contribution in [0.5, 0.6) is 0 Å². The van der Waals surface area contributed by atoms with E-state index in [1.165, 1.54) is 37.8 Å². The van der Waals surface area contributed by atoms with Crippen molar-refractivity contribution in [2.24, 2.45) is 5.92 Å². The fourth-order valence-corrected chi connectivity index (χ4v) is 2.82. The molecule has 1 aliphatic carbocycles. The summed E-state index contributed by atoms with van der Waals surface area (Å²) >= 11 is 0. The Morgan fingerprint density at radius 3 is 2.33 bits per heavy atom. The summed E-state index contributed by atoms with van der Waals surface area (Å²) in [5, 5.41) is 3.36. The van der Waals surface area contributed by atoms with E-state index in [0.29, 0.717) is 6.04 Å². The van der Waals surface area contributed by atoms with Gasteiger partial charge in [-0.2, -0.15) is 0 Å². The van der Waals surface area contributed by atoms with Crippen LogP contribution < -0.4 is 10.2 Å². The molecule has 0 saturated heterocycles. The van der Waals surface area contributed by atoms with Gasteiger partial charge in [0.05, 0.1) is 0 Å². The number of rotatable bonds is 4. The Hall–Kier alpha value is -1.09. The standard InChI is InChI=1S/C15H23FN2/c1-17-14-7-3-12(4-8-14)11-18(2)15-9-5-13(16)6-10-15/h5-6,9-10,12,14,17H,3-4,7-8,11H2,1-2H3. The predicted molar refractivity (Wildman–Crippen MR) is 74.5 cm³/mol. The fraction of sp³-hybridized carbons (Fsp3) is 0.600. The highest BCUT2D eigenvalue weighted by Gasteiger charge is 2.21. The first-order chi connectivity index (χ1) is 8.69. The first-order valence-corrected chi connectivity index (χ1v) is 6.83. The van der Waals surface area contributed by atoms with Gasteiger partial charge in [0.15, 0.2) is 0 Å². The zero-order valence-corrected chi connectivity index (χ0v) is 11.3. The molecule has 2 rings (SSSR count). The van der Waals surface area contributed by atoms with Crippen LogP contribution in [-0.4, -0.2) is 26.7 Å². The third kappa shape index (κ3) is 3.45. The molecule has 1 saturated carbocycles. The predicted octanol–water partition coefficient (Wildman–Crippen LogP) is 3.04. The number of halogens is 1. The van der Waals surface area contributed by atoms with E-state index in [-0.39, 0.29) is 5.82 Å². The van der Waals surface area contributed by atoms with Crippen molar-refractivity contribution in [1.82, 2.24) is 5.32 Å². The van der Waals surface area contributed by atoms with Crippen molar-refractivity contribution in [3.8, 4) is 0 Å². The summed E-state index contributed by atoms with van der Waals surface area (Å²) in [4.78, 5) is 2.24. The Labute approximate surface area is 109 Å². The molecule has 0 aromatic heterocycles. The molecule has 18 heavy (non-hydrogen) atoms. The van der Waals surface area contributed by atoms with Crippen molar-refractivity contribution in [3.63, 3.8) is 0 Å². The van der Waals surface area contributed by atoms with Crippen LogP contribution in [0.2, 0.25) is 0 Å². The van der Waals surface area contributed by atoms with E-state index in [1.54, 1.807) is 0 Å². The lowest BCUT2D eigenvalue weighted by molar-refractivity contribution is 0.305. The average Bonchev–Trinajstić information content (AvgIpc) is 2.40. The van der Waals surface area contributed by atoms with Gasteiger partial charge in [0.1, 0.15) is 5.82 Å². The topological polar surface area (TPSA) is 15.3 Å². The summed E-state index contributed by atoms with van der Waals surface area (Å²) in [6.45, 7) is 1.07. The van der Waals surface area contributed by atoms with Crippen molar-refractivity contribution in [1.29, 1.82) is 0 Å². The van der Waals surface area contributed by atoms with Crippen LogP contribution in [0.4, 0.5) is 10.1 Å². The first kappa shape index (κ1) is 13.3. The Kier molecular flexibility index (Phi) is 4.59. The van der Waals surface area contributed by atoms with Crippen LogP contribution in [-0.2, 0) is 0 Å². The fourth-order valence-electron chi connectivity index (χ4n) is 2.82. The van der Waals surface area contributed by atoms with Gasteiger partial charge in [-0.05, 0) is 62.9 Å². The van der Waals surface area contributed by atoms with Crippen molar-refractivity contribution < 1.29 is 4.39 Å². The maximum Gasteiger partial charge on any atom is 0.123 e. The van der Waals surface area contributed by atoms with Gasteiger partial charge in [-0.15, -0.1) is 0 Å². The maximum absolute atomic E-state index is 12.9. The van der Waals surface area contributed by atoms with Crippen LogP contribution in [0.1, 0.15) is 25.7 Å². The highest BCUT2D eigenvalue weighted by Crippen LogP contribution is 2.26. The third-order valence-corrected chi connectivity index (χ3v) is 4.05. The minimum atomic E-state index is -0.165. The second kappa shape index (κ2) is 6.19. The summed E-state index contributed by atoms with van der Waals surface area (Å²) < 4.78 is 12.9. The number of nitrogens with one attached hydrogen (secondary N) is 1. The molecule has 0 unspecified atom stereocenters. The van der Waals surface area contributed by atoms with Gasteiger partial charge in [0.25, 0.3) is 0 Å². The van der Waals surface area contributed by atoms with E-state index in [0.717, 1.165) is 18.2 Å². The van der Waals surface area contributed by atoms with E-state index < -0.39 is 0 Å². The summed E-state index contributed by atoms with van der Waals surface area (Å²) in [5.41, 5.74) is 1.10. The average molecular weight is 250 g/mol. The van der Waals surface area contributed by atoms with E-state index in [2.05, 4.69) is 24.3 Å². The molecule has 0 spiro atoms. The SMILES string of the molecule is CNC1CCC(CN(C)c2ccc(F)cc2)CC1. The molecule has 0 radical (unpaired) electrons. The Bertz CT molecular complexity index is 355. The quantitative estimate of drug-likeness (QED) is 0.883. The normalized spacial score (nSPS) is 23.9. The molecule has 0 amide bonds. The minimum Gasteiger partial charge on any atom is -0.374 e. The van der Waals surface area contributed by atoms with Gasteiger partial charge >= 0.3 is 0 Å². The molecular formula is C15H23FN2. The number of benzene rings is 1. The zero-order chi connectivity index (χ0) is 13.0. The van der Waals surface area contributed by atoms with Crippen molar-refractivity contribution >= 4 is 5.69 Å². The smallest absolute Gasteiger partial charge is 0.123 e. The first-order valence-electron chi connectivity index (χ1n) is 6.83. The molecule has 100 valence electrons. The third-order valence-electron chi connectivity index (χ3n) is 4.05. The van der Waals surface area contributed by atoms with Crippen LogP contribution in [0, 0.1) is 11.7 Å². The number of anilines is 1. The minimum absolute atomic E-state index is 0.165. The van der Waals surface area contributed by atoms with Gasteiger partial charge in [-0.25, -0.2) is 4.39 Å². The van der Waals surface area contributed by atoms with Gasteiger partial charge in [0.2, 0.25) is 0 Å². The Balaban J connectivity index is 1.84. The Morgan fingerprint density at radius 1 is 1.17 bits per heavy atom. The molecule has 1 aliphatic rings. The van der Waals surface area contributed by atoms with E-state index in [4.69, 9.17) is 0 Å². The lowest BCUT2D eigenvalue weighted by Crippen LogP contribution is -2.34. The zero-order valence-electron chi connectivity index (χ0n) is 11.3. The highest BCUT2D eigenvalue weighted by atomic mass is 19.1. The van der Waals surface area contributed by atoms with Crippen molar-refractivity contribution in [2.45, 2.75) is 31.7 Å². The molecule has 0 bridgehead atoms. The van der Waals surface area contributed by atoms with Crippen LogP contribution in [0.25, 0.3) is 0 Å². The molecule has 2 nitrogen and oxygen atoms in total. The molecule has 0 aliphatic heterocycles. The molecule has 1 aromatic rings. The monoisotopic (exact) mass is 250 g/mol. The molecule has 0 heterocycles. The lowest BCUT2D eigenvalue weighted by Gasteiger charge is -2.32. The molecule has 3 heteroatoms. The molecule has 1 aromatic carbocycles. The van der Waals surface area contributed by atoms with Crippen molar-refractivity contribution in [3.05, 3.63) is 30.1 Å². The van der Waals surface area contributed by atoms with E-state index in [1.807, 2.05) is 12.1 Å². The molecule has 1 N–H and O–H groups in total. The number of hydrogen-bond donors (Lipinski definition) is 1. The largest absolute Gasteiger partial charge is 0.374 e. The number of nitrogens with zero attached hydrogens (tertiary/aromatic N) is 1. The molecule has 1 fully saturated rings. The summed E-state index contributed by atoms with van der Waals surface area (Å²) in [5.74, 6) is 0.603. The van der Waals surface area contributed by atoms with Gasteiger partial charge in [-0.1, -0.05) is 0 Å². The van der Waals surface area contributed by atoms with Crippen LogP contribution in [0.3, 0.4) is 0 Å². The second-order valence-corrected chi connectivity index (χ2v) is 5.36. The lowest BCUT2D eigenvalue weighted by atomic mass is 9.86. The highest BCUT2D eigenvalue weighted by molar-refractivity contribution is 5.45. The van der Waals surface area contributed by atoms with Crippen LogP contribution >= 0.6 is 0 Å². The van der Waals surface area contributed by atoms with Crippen molar-refractivity contribution in [2.75, 3.05) is 25.5 Å². The summed E-state index contributed by atoms with van der Waals surface area (Å²) in [6.07, 6.45) is 5.13. The van der Waals surface area contributed by atoms with Gasteiger partial charge in [-0.3, -0.25) is 0 Å². The van der Waals surface area contributed by atoms with E-state index in [9.17, 15) is 4.39 Å². The second-order valence-electron chi connectivity index (χ2n) is 5.36. The number of hydrogen-bond acceptors (Lipinski definition) is 2.